The normalized spacial score (nSPS) is 13.7. The van der Waals surface area contributed by atoms with Gasteiger partial charge in [-0.05, 0) is 76.5 Å². The number of fused-ring (bicyclic) bond motifs is 1. The van der Waals surface area contributed by atoms with E-state index in [0.29, 0.717) is 36.1 Å². The quantitative estimate of drug-likeness (QED) is 0.0706. The molecule has 1 aliphatic rings. The Bertz CT molecular complexity index is 2260. The van der Waals surface area contributed by atoms with Gasteiger partial charge in [0.15, 0.2) is 5.16 Å². The van der Waals surface area contributed by atoms with E-state index in [0.717, 1.165) is 45.8 Å². The summed E-state index contributed by atoms with van der Waals surface area (Å²) in [6, 6.07) is 9.66. The van der Waals surface area contributed by atoms with E-state index in [1.54, 1.807) is 12.1 Å². The van der Waals surface area contributed by atoms with Crippen LogP contribution in [0.15, 0.2) is 58.5 Å². The Kier molecular flexibility index (Phi) is 13.5. The first kappa shape index (κ1) is 46.9. The number of alkyl halides is 3. The number of aromatic nitrogens is 2. The maximum Gasteiger partial charge on any atom is 0.416 e. The number of nitrogens with zero attached hydrogens (tertiary/aromatic N) is 4. The molecule has 272 valence electrons. The average molecular weight is 784 g/mol. The summed E-state index contributed by atoms with van der Waals surface area (Å²) in [6.07, 6.45) is -3.23. The lowest BCUT2D eigenvalue weighted by atomic mass is 9.33. The Balaban J connectivity index is 1.66. The molecule has 0 atom stereocenters. The second kappa shape index (κ2) is 16.9. The van der Waals surface area contributed by atoms with E-state index in [1.807, 2.05) is 0 Å². The van der Waals surface area contributed by atoms with Crippen LogP contribution in [0.1, 0.15) is 48.2 Å². The number of carbonyl (C=O) groups excluding carboxylic acids is 1. The van der Waals surface area contributed by atoms with Gasteiger partial charge in [-0.1, -0.05) is 82.4 Å². The monoisotopic (exact) mass is 786 g/mol. The van der Waals surface area contributed by atoms with Crippen LogP contribution in [0.25, 0.3) is 11.1 Å². The second-order valence-corrected chi connectivity index (χ2v) is 15.9. The van der Waals surface area contributed by atoms with Gasteiger partial charge in [-0.15, -0.1) is 0 Å². The number of rotatable bonds is 13. The maximum absolute atomic E-state index is 15.0. The number of halogens is 4. The summed E-state index contributed by atoms with van der Waals surface area (Å²) < 4.78 is 55.2. The van der Waals surface area contributed by atoms with Crippen molar-refractivity contribution in [1.29, 1.82) is 0 Å². The summed E-state index contributed by atoms with van der Waals surface area (Å²) in [5.41, 5.74) is -0.622. The fourth-order valence-corrected chi connectivity index (χ4v) is 8.26. The van der Waals surface area contributed by atoms with Gasteiger partial charge in [-0.3, -0.25) is 9.59 Å². The highest BCUT2D eigenvalue weighted by molar-refractivity contribution is 7.98. The Morgan fingerprint density at radius 1 is 0.797 bits per heavy atom. The van der Waals surface area contributed by atoms with Crippen LogP contribution in [0.5, 0.6) is 0 Å². The highest BCUT2D eigenvalue weighted by Crippen LogP contribution is 2.35. The molecule has 0 fully saturated rings. The van der Waals surface area contributed by atoms with E-state index in [9.17, 15) is 27.2 Å². The molecule has 0 N–H and O–H groups in total. The van der Waals surface area contributed by atoms with Gasteiger partial charge in [-0.25, -0.2) is 4.39 Å². The van der Waals surface area contributed by atoms with Crippen LogP contribution in [0.4, 0.5) is 17.6 Å². The minimum Gasteiger partial charge on any atom is -0.348 e. The highest BCUT2D eigenvalue weighted by Gasteiger charge is 2.50. The number of carbonyl (C=O) groups is 1. The molecule has 5 rings (SSSR count). The number of hydrogen-bond donors (Lipinski definition) is 0. The van der Waals surface area contributed by atoms with Crippen LogP contribution >= 0.6 is 11.8 Å². The molecule has 59 heavy (non-hydrogen) atoms. The molecule has 3 aromatic carbocycles. The zero-order chi connectivity index (χ0) is 44.2. The minimum absolute atomic E-state index is 0.0158. The first-order valence-electron chi connectivity index (χ1n) is 17.9. The van der Waals surface area contributed by atoms with Gasteiger partial charge in [0.2, 0.25) is 5.91 Å². The summed E-state index contributed by atoms with van der Waals surface area (Å²) in [5, 5.41) is -9.38. The van der Waals surface area contributed by atoms with Crippen molar-refractivity contribution in [3.8, 4) is 11.1 Å². The zero-order valence-corrected chi connectivity index (χ0v) is 33.1. The van der Waals surface area contributed by atoms with Crippen molar-refractivity contribution in [2.75, 3.05) is 0 Å². The molecule has 24 radical (unpaired) electrons. The van der Waals surface area contributed by atoms with Crippen molar-refractivity contribution in [3.63, 3.8) is 0 Å². The molecular formula is C36H26B12F4N4O2S. The molecule has 1 aromatic heterocycles. The van der Waals surface area contributed by atoms with Crippen molar-refractivity contribution in [1.82, 2.24) is 19.4 Å². The molecular weight excluding hydrogens is 758 g/mol. The summed E-state index contributed by atoms with van der Waals surface area (Å²) in [5.74, 6) is -1.10. The van der Waals surface area contributed by atoms with Crippen LogP contribution in [-0.2, 0) is 42.7 Å². The molecule has 4 aromatic rings. The molecule has 0 spiro atoms. The van der Waals surface area contributed by atoms with Gasteiger partial charge in [0.1, 0.15) is 43.7 Å². The van der Waals surface area contributed by atoms with E-state index < -0.39 is 63.5 Å². The van der Waals surface area contributed by atoms with Gasteiger partial charge in [0, 0.05) is 23.6 Å². The van der Waals surface area contributed by atoms with Crippen molar-refractivity contribution in [2.45, 2.75) is 84.6 Å². The molecule has 0 aliphatic heterocycles. The molecule has 1 amide bonds. The Hall–Kier alpha value is -3.18. The van der Waals surface area contributed by atoms with Gasteiger partial charge in [-0.2, -0.15) is 18.2 Å². The summed E-state index contributed by atoms with van der Waals surface area (Å²) >= 11 is 1.12. The predicted molar refractivity (Wildman–Crippen MR) is 236 cm³/mol. The summed E-state index contributed by atoms with van der Waals surface area (Å²) in [4.78, 5) is 34.0. The van der Waals surface area contributed by atoms with E-state index in [4.69, 9.17) is 94.2 Å². The van der Waals surface area contributed by atoms with Crippen molar-refractivity contribution < 1.29 is 22.4 Å². The number of hydrogen-bond acceptors (Lipinski definition) is 5. The third-order valence-corrected chi connectivity index (χ3v) is 11.1. The lowest BCUT2D eigenvalue weighted by Gasteiger charge is -2.65. The molecule has 1 heterocycles. The van der Waals surface area contributed by atoms with E-state index in [2.05, 4.69) is 4.98 Å². The third kappa shape index (κ3) is 9.51. The van der Waals surface area contributed by atoms with Crippen molar-refractivity contribution in [3.05, 3.63) is 92.6 Å². The Morgan fingerprint density at radius 2 is 1.34 bits per heavy atom. The largest absolute Gasteiger partial charge is 0.416 e. The lowest BCUT2D eigenvalue weighted by Crippen LogP contribution is -2.81. The Labute approximate surface area is 362 Å². The van der Waals surface area contributed by atoms with Crippen LogP contribution in [0, 0.1) is 5.82 Å². The summed E-state index contributed by atoms with van der Waals surface area (Å²) in [7, 11) is 78.1. The summed E-state index contributed by atoms with van der Waals surface area (Å²) in [6.45, 7) is 1.21. The second-order valence-electron chi connectivity index (χ2n) is 15.0. The smallest absolute Gasteiger partial charge is 0.348 e. The van der Waals surface area contributed by atoms with Crippen LogP contribution in [0.2, 0.25) is 0 Å². The maximum atomic E-state index is 15.0. The molecule has 6 nitrogen and oxygen atoms in total. The van der Waals surface area contributed by atoms with E-state index in [1.165, 1.54) is 30.5 Å². The standard InChI is InChI=1S/C36H26B12F4N4O2S/c1-32(41,42)56(33(2,43)44)36(47,48)35(45,46)55(14-22-26(37)28(39)25(29(40)27(22)38)18-8-10-19(11-9-18)34(50,51)52)24(57)15-54-23-5-3-4-21(23)30(58)53-31(54)59-16-17-6-12-20(49)13-7-17/h6-13H,3-5,14-16H2,1-2H3. The zero-order valence-electron chi connectivity index (χ0n) is 32.3. The first-order valence-corrected chi connectivity index (χ1v) is 18.9. The Morgan fingerprint density at radius 3 is 1.85 bits per heavy atom. The fourth-order valence-electron chi connectivity index (χ4n) is 7.30. The fraction of sp³-hybridized carbons (Fsp3) is 0.361. The average Bonchev–Trinajstić information content (AvgIpc) is 3.61. The number of benzene rings is 3. The minimum atomic E-state index is -4.62. The molecule has 0 unspecified atom stereocenters. The highest BCUT2D eigenvalue weighted by atomic mass is 32.2. The molecule has 0 saturated carbocycles. The number of thioether (sulfide) groups is 1. The van der Waals surface area contributed by atoms with Gasteiger partial charge < -0.3 is 14.4 Å². The van der Waals surface area contributed by atoms with Gasteiger partial charge in [0.05, 0.1) is 68.3 Å². The third-order valence-electron chi connectivity index (χ3n) is 10.1. The molecule has 0 saturated heterocycles. The van der Waals surface area contributed by atoms with Crippen molar-refractivity contribution >= 4 is 134 Å². The van der Waals surface area contributed by atoms with Gasteiger partial charge >= 0.3 is 6.18 Å². The van der Waals surface area contributed by atoms with Crippen LogP contribution in [0.3, 0.4) is 0 Å². The van der Waals surface area contributed by atoms with Crippen molar-refractivity contribution in [2.24, 2.45) is 0 Å². The van der Waals surface area contributed by atoms with Gasteiger partial charge in [0.25, 0.3) is 5.56 Å². The first-order chi connectivity index (χ1) is 27.1. The van der Waals surface area contributed by atoms with E-state index in [-0.39, 0.29) is 49.5 Å². The van der Waals surface area contributed by atoms with E-state index >= 15 is 0 Å². The topological polar surface area (TPSA) is 58.4 Å². The SMILES string of the molecule is [B]c1c([B])c(-c2ccc(C(F)(F)F)cc2)c([B])c([B])c1CN(C(=O)Cn1c(SCc2ccc(F)cc2)nc(=O)c2c1CCC2)C([B])([B])C([B])([B])N(C([B])([B])C)C([B])([B])C. The predicted octanol–water partition coefficient (Wildman–Crippen LogP) is -1.64. The van der Waals surface area contributed by atoms with Crippen LogP contribution < -0.4 is 27.4 Å². The molecule has 1 aliphatic carbocycles. The molecule has 0 bridgehead atoms. The number of amides is 1. The molecule has 23 heteroatoms. The lowest BCUT2D eigenvalue weighted by molar-refractivity contribution is -0.137. The van der Waals surface area contributed by atoms with Crippen LogP contribution in [-0.4, -0.2) is 141 Å².